The van der Waals surface area contributed by atoms with Crippen molar-refractivity contribution in [2.24, 2.45) is 0 Å². The van der Waals surface area contributed by atoms with Gasteiger partial charge in [-0.2, -0.15) is 0 Å². The van der Waals surface area contributed by atoms with Crippen LogP contribution < -0.4 is 5.32 Å². The van der Waals surface area contributed by atoms with Crippen LogP contribution in [0.2, 0.25) is 0 Å². The van der Waals surface area contributed by atoms with E-state index in [2.05, 4.69) is 9.88 Å². The number of benzene rings is 2. The maximum Gasteiger partial charge on any atom is 0.341 e. The molecule has 1 aliphatic rings. The summed E-state index contributed by atoms with van der Waals surface area (Å²) >= 11 is 2.98. The van der Waals surface area contributed by atoms with E-state index < -0.39 is 0 Å². The molecule has 0 radical (unpaired) electrons. The molecule has 5 nitrogen and oxygen atoms in total. The summed E-state index contributed by atoms with van der Waals surface area (Å²) in [7, 11) is 0. The number of nitrogens with zero attached hydrogens (tertiary/aromatic N) is 1. The number of aromatic nitrogens is 1. The fraction of sp³-hybridized carbons (Fsp3) is 0.286. The highest BCUT2D eigenvalue weighted by atomic mass is 32.2. The lowest BCUT2D eigenvalue weighted by molar-refractivity contribution is -0.115. The highest BCUT2D eigenvalue weighted by Gasteiger charge is 2.29. The van der Waals surface area contributed by atoms with Crippen LogP contribution in [0.25, 0.3) is 10.9 Å². The molecule has 1 aliphatic carbocycles. The number of ether oxygens (including phenoxy) is 1. The fourth-order valence-corrected chi connectivity index (χ4v) is 6.91. The van der Waals surface area contributed by atoms with E-state index in [9.17, 15) is 14.0 Å². The summed E-state index contributed by atoms with van der Waals surface area (Å²) in [5, 5.41) is 4.28. The van der Waals surface area contributed by atoms with Crippen molar-refractivity contribution >= 4 is 50.9 Å². The SMILES string of the molecule is CCOC(=O)c1c(NC(=O)C(C)Sc2cn(Cc3ccc(F)cc3)c3ccccc23)sc2c1CCC2. The monoisotopic (exact) mass is 522 g/mol. The maximum absolute atomic E-state index is 13.3. The average molecular weight is 523 g/mol. The Kier molecular flexibility index (Phi) is 7.16. The molecule has 36 heavy (non-hydrogen) atoms. The topological polar surface area (TPSA) is 60.3 Å². The Morgan fingerprint density at radius 1 is 1.17 bits per heavy atom. The Bertz CT molecular complexity index is 1420. The zero-order valence-corrected chi connectivity index (χ0v) is 21.8. The number of carbonyl (C=O) groups is 2. The van der Waals surface area contributed by atoms with Crippen molar-refractivity contribution < 1.29 is 18.7 Å². The standard InChI is InChI=1S/C28H27FN2O3S2/c1-3-34-28(33)25-21-8-6-10-23(21)36-27(25)30-26(32)17(2)35-24-16-31(22-9-5-4-7-20(22)24)15-18-11-13-19(29)14-12-18/h4-5,7,9,11-14,16-17H,3,6,8,10,15H2,1-2H3,(H,30,32). The molecule has 1 atom stereocenters. The van der Waals surface area contributed by atoms with Gasteiger partial charge in [0.25, 0.3) is 0 Å². The van der Waals surface area contributed by atoms with Gasteiger partial charge in [0.05, 0.1) is 17.4 Å². The van der Waals surface area contributed by atoms with E-state index in [-0.39, 0.29) is 22.9 Å². The number of hydrogen-bond acceptors (Lipinski definition) is 5. The highest BCUT2D eigenvalue weighted by molar-refractivity contribution is 8.00. The van der Waals surface area contributed by atoms with E-state index in [4.69, 9.17) is 4.74 Å². The number of amides is 1. The van der Waals surface area contributed by atoms with Crippen molar-refractivity contribution in [2.45, 2.75) is 49.8 Å². The molecule has 2 aromatic carbocycles. The van der Waals surface area contributed by atoms with Crippen molar-refractivity contribution in [3.8, 4) is 0 Å². The Hall–Kier alpha value is -3.10. The number of para-hydroxylation sites is 1. The largest absolute Gasteiger partial charge is 0.462 e. The van der Waals surface area contributed by atoms with Gasteiger partial charge in [0, 0.05) is 33.4 Å². The number of aryl methyl sites for hydroxylation is 1. The Morgan fingerprint density at radius 2 is 1.94 bits per heavy atom. The molecule has 1 unspecified atom stereocenters. The minimum Gasteiger partial charge on any atom is -0.462 e. The smallest absolute Gasteiger partial charge is 0.341 e. The number of anilines is 1. The van der Waals surface area contributed by atoms with E-state index in [0.29, 0.717) is 23.7 Å². The zero-order valence-electron chi connectivity index (χ0n) is 20.2. The summed E-state index contributed by atoms with van der Waals surface area (Å²) in [6.07, 6.45) is 4.84. The second kappa shape index (κ2) is 10.5. The van der Waals surface area contributed by atoms with Gasteiger partial charge in [0.1, 0.15) is 10.8 Å². The third-order valence-corrected chi connectivity index (χ3v) is 8.68. The first kappa shape index (κ1) is 24.6. The number of carbonyl (C=O) groups excluding carboxylic acids is 2. The molecule has 1 N–H and O–H groups in total. The lowest BCUT2D eigenvalue weighted by Gasteiger charge is -2.12. The van der Waals surface area contributed by atoms with Crippen LogP contribution in [0.1, 0.15) is 46.6 Å². The maximum atomic E-state index is 13.3. The van der Waals surface area contributed by atoms with Gasteiger partial charge in [-0.05, 0) is 62.4 Å². The molecule has 0 aliphatic heterocycles. The summed E-state index contributed by atoms with van der Waals surface area (Å²) in [5.74, 6) is -0.772. The van der Waals surface area contributed by atoms with Crippen molar-refractivity contribution in [1.29, 1.82) is 0 Å². The molecule has 0 saturated carbocycles. The molecule has 0 bridgehead atoms. The molecule has 4 aromatic rings. The molecule has 1 amide bonds. The van der Waals surface area contributed by atoms with Gasteiger partial charge in [-0.25, -0.2) is 9.18 Å². The molecule has 0 saturated heterocycles. The van der Waals surface area contributed by atoms with Gasteiger partial charge in [-0.3, -0.25) is 4.79 Å². The quantitative estimate of drug-likeness (QED) is 0.207. The van der Waals surface area contributed by atoms with Crippen LogP contribution in [0, 0.1) is 5.82 Å². The number of nitrogens with one attached hydrogen (secondary N) is 1. The van der Waals surface area contributed by atoms with E-state index in [1.807, 2.05) is 37.4 Å². The zero-order chi connectivity index (χ0) is 25.2. The summed E-state index contributed by atoms with van der Waals surface area (Å²) in [6, 6.07) is 14.6. The van der Waals surface area contributed by atoms with Gasteiger partial charge in [-0.15, -0.1) is 23.1 Å². The van der Waals surface area contributed by atoms with Gasteiger partial charge in [0.15, 0.2) is 0 Å². The van der Waals surface area contributed by atoms with Crippen LogP contribution >= 0.6 is 23.1 Å². The molecular formula is C28H27FN2O3S2. The number of halogens is 1. The second-order valence-electron chi connectivity index (χ2n) is 8.80. The van der Waals surface area contributed by atoms with Crippen LogP contribution in [-0.4, -0.2) is 28.3 Å². The normalized spacial score (nSPS) is 13.5. The number of rotatable bonds is 8. The van der Waals surface area contributed by atoms with E-state index in [1.54, 1.807) is 19.1 Å². The third-order valence-electron chi connectivity index (χ3n) is 6.33. The van der Waals surface area contributed by atoms with Crippen LogP contribution in [-0.2, 0) is 28.9 Å². The minimum absolute atomic E-state index is 0.152. The third kappa shape index (κ3) is 4.92. The number of hydrogen-bond donors (Lipinski definition) is 1. The minimum atomic E-state index is -0.387. The van der Waals surface area contributed by atoms with Crippen LogP contribution in [0.5, 0.6) is 0 Å². The number of thioether (sulfide) groups is 1. The molecule has 8 heteroatoms. The molecule has 0 fully saturated rings. The summed E-state index contributed by atoms with van der Waals surface area (Å²) < 4.78 is 20.7. The summed E-state index contributed by atoms with van der Waals surface area (Å²) in [4.78, 5) is 28.0. The Morgan fingerprint density at radius 3 is 2.72 bits per heavy atom. The molecule has 5 rings (SSSR count). The van der Waals surface area contributed by atoms with Gasteiger partial charge < -0.3 is 14.6 Å². The molecular weight excluding hydrogens is 495 g/mol. The second-order valence-corrected chi connectivity index (χ2v) is 11.3. The molecule has 2 aromatic heterocycles. The molecule has 2 heterocycles. The first-order valence-corrected chi connectivity index (χ1v) is 13.8. The van der Waals surface area contributed by atoms with Gasteiger partial charge in [-0.1, -0.05) is 30.3 Å². The van der Waals surface area contributed by atoms with Crippen molar-refractivity contribution in [1.82, 2.24) is 4.57 Å². The highest BCUT2D eigenvalue weighted by Crippen LogP contribution is 2.40. The predicted molar refractivity (Wildman–Crippen MR) is 144 cm³/mol. The molecule has 0 spiro atoms. The van der Waals surface area contributed by atoms with Crippen molar-refractivity contribution in [2.75, 3.05) is 11.9 Å². The van der Waals surface area contributed by atoms with Crippen LogP contribution in [0.15, 0.2) is 59.6 Å². The van der Waals surface area contributed by atoms with E-state index in [1.165, 1.54) is 35.2 Å². The fourth-order valence-electron chi connectivity index (χ4n) is 4.59. The lowest BCUT2D eigenvalue weighted by Crippen LogP contribution is -2.23. The Balaban J connectivity index is 1.36. The number of thiophene rings is 1. The van der Waals surface area contributed by atoms with Gasteiger partial charge >= 0.3 is 5.97 Å². The first-order chi connectivity index (χ1) is 17.4. The van der Waals surface area contributed by atoms with Gasteiger partial charge in [0.2, 0.25) is 5.91 Å². The average Bonchev–Trinajstić information content (AvgIpc) is 3.54. The predicted octanol–water partition coefficient (Wildman–Crippen LogP) is 6.67. The van der Waals surface area contributed by atoms with E-state index >= 15 is 0 Å². The van der Waals surface area contributed by atoms with Crippen molar-refractivity contribution in [3.63, 3.8) is 0 Å². The first-order valence-electron chi connectivity index (χ1n) is 12.1. The van der Waals surface area contributed by atoms with Crippen LogP contribution in [0.3, 0.4) is 0 Å². The number of fused-ring (bicyclic) bond motifs is 2. The summed E-state index contributed by atoms with van der Waals surface area (Å²) in [5.41, 5.74) is 3.60. The lowest BCUT2D eigenvalue weighted by atomic mass is 10.1. The van der Waals surface area contributed by atoms with Crippen molar-refractivity contribution in [3.05, 3.63) is 82.1 Å². The molecule has 186 valence electrons. The summed E-state index contributed by atoms with van der Waals surface area (Å²) in [6.45, 7) is 4.56. The Labute approximate surface area is 217 Å². The van der Waals surface area contributed by atoms with Crippen LogP contribution in [0.4, 0.5) is 9.39 Å². The number of esters is 1. The van der Waals surface area contributed by atoms with E-state index in [0.717, 1.165) is 51.1 Å².